The van der Waals surface area contributed by atoms with Gasteiger partial charge in [0.15, 0.2) is 0 Å². The number of primary amides is 1. The van der Waals surface area contributed by atoms with Gasteiger partial charge in [-0.15, -0.1) is 0 Å². The Morgan fingerprint density at radius 1 is 1.69 bits per heavy atom. The number of nitrogens with one attached hydrogen (secondary N) is 1. The molecule has 0 saturated carbocycles. The van der Waals surface area contributed by atoms with Gasteiger partial charge in [0.05, 0.1) is 11.7 Å². The van der Waals surface area contributed by atoms with E-state index in [9.17, 15) is 4.79 Å². The van der Waals surface area contributed by atoms with Gasteiger partial charge < -0.3 is 11.1 Å². The first-order chi connectivity index (χ1) is 6.20. The second-order valence-electron chi connectivity index (χ2n) is 2.83. The summed E-state index contributed by atoms with van der Waals surface area (Å²) >= 11 is 0. The minimum absolute atomic E-state index is 0.318. The summed E-state index contributed by atoms with van der Waals surface area (Å²) in [6.45, 7) is 2.29. The maximum absolute atomic E-state index is 10.7. The van der Waals surface area contributed by atoms with Crippen LogP contribution in [0.15, 0.2) is 24.4 Å². The Hall–Kier alpha value is -1.42. The highest BCUT2D eigenvalue weighted by molar-refractivity contribution is 5.79. The molecule has 4 nitrogen and oxygen atoms in total. The summed E-state index contributed by atoms with van der Waals surface area (Å²) in [7, 11) is 0. The van der Waals surface area contributed by atoms with E-state index in [1.54, 1.807) is 13.1 Å². The fraction of sp³-hybridized carbons (Fsp3) is 0.333. The topological polar surface area (TPSA) is 68.0 Å². The Morgan fingerprint density at radius 2 is 2.46 bits per heavy atom. The van der Waals surface area contributed by atoms with E-state index in [0.29, 0.717) is 6.54 Å². The number of carbonyl (C=O) groups is 1. The minimum atomic E-state index is -0.351. The molecule has 1 heterocycles. The first-order valence-electron chi connectivity index (χ1n) is 4.13. The fourth-order valence-electron chi connectivity index (χ4n) is 0.861. The molecular formula is C9H13N3O. The van der Waals surface area contributed by atoms with Gasteiger partial charge in [-0.1, -0.05) is 6.07 Å². The highest BCUT2D eigenvalue weighted by Gasteiger charge is 2.06. The Bertz CT molecular complexity index is 273. The van der Waals surface area contributed by atoms with E-state index < -0.39 is 0 Å². The second-order valence-corrected chi connectivity index (χ2v) is 2.83. The van der Waals surface area contributed by atoms with E-state index in [-0.39, 0.29) is 11.9 Å². The van der Waals surface area contributed by atoms with Crippen LogP contribution in [-0.2, 0) is 11.3 Å². The highest BCUT2D eigenvalue weighted by Crippen LogP contribution is 1.92. The van der Waals surface area contributed by atoms with Crippen LogP contribution in [-0.4, -0.2) is 16.9 Å². The molecule has 0 spiro atoms. The van der Waals surface area contributed by atoms with Crippen molar-refractivity contribution >= 4 is 5.91 Å². The second kappa shape index (κ2) is 4.57. The normalized spacial score (nSPS) is 12.4. The van der Waals surface area contributed by atoms with Crippen molar-refractivity contribution in [1.29, 1.82) is 0 Å². The predicted molar refractivity (Wildman–Crippen MR) is 49.7 cm³/mol. The Morgan fingerprint density at radius 3 is 3.00 bits per heavy atom. The number of amides is 1. The fourth-order valence-corrected chi connectivity index (χ4v) is 0.861. The molecule has 0 aliphatic heterocycles. The molecule has 3 N–H and O–H groups in total. The number of nitrogens with zero attached hydrogens (tertiary/aromatic N) is 1. The van der Waals surface area contributed by atoms with Gasteiger partial charge in [0, 0.05) is 12.7 Å². The van der Waals surface area contributed by atoms with Crippen molar-refractivity contribution in [3.63, 3.8) is 0 Å². The molecule has 1 amide bonds. The third kappa shape index (κ3) is 3.21. The van der Waals surface area contributed by atoms with E-state index in [2.05, 4.69) is 10.3 Å². The van der Waals surface area contributed by atoms with Gasteiger partial charge in [0.1, 0.15) is 0 Å². The molecule has 0 fully saturated rings. The molecule has 1 aromatic rings. The van der Waals surface area contributed by atoms with Gasteiger partial charge in [0.2, 0.25) is 5.91 Å². The summed E-state index contributed by atoms with van der Waals surface area (Å²) in [6, 6.07) is 5.32. The first kappa shape index (κ1) is 9.67. The summed E-state index contributed by atoms with van der Waals surface area (Å²) in [6.07, 6.45) is 1.71. The van der Waals surface area contributed by atoms with Crippen LogP contribution in [0, 0.1) is 0 Å². The van der Waals surface area contributed by atoms with Crippen molar-refractivity contribution in [3.05, 3.63) is 30.1 Å². The lowest BCUT2D eigenvalue weighted by Gasteiger charge is -2.08. The van der Waals surface area contributed by atoms with Gasteiger partial charge in [-0.2, -0.15) is 0 Å². The van der Waals surface area contributed by atoms with Crippen LogP contribution in [0.4, 0.5) is 0 Å². The van der Waals surface area contributed by atoms with Gasteiger partial charge in [-0.25, -0.2) is 0 Å². The summed E-state index contributed by atoms with van der Waals surface area (Å²) in [5.41, 5.74) is 5.98. The van der Waals surface area contributed by atoms with Crippen molar-refractivity contribution in [2.24, 2.45) is 5.73 Å². The lowest BCUT2D eigenvalue weighted by atomic mass is 10.3. The molecule has 0 aromatic carbocycles. The number of hydrogen-bond donors (Lipinski definition) is 2. The van der Waals surface area contributed by atoms with Crippen molar-refractivity contribution in [2.45, 2.75) is 19.5 Å². The minimum Gasteiger partial charge on any atom is -0.368 e. The van der Waals surface area contributed by atoms with E-state index in [1.165, 1.54) is 0 Å². The Kier molecular flexibility index (Phi) is 3.40. The van der Waals surface area contributed by atoms with Gasteiger partial charge >= 0.3 is 0 Å². The molecule has 1 aromatic heterocycles. The lowest BCUT2D eigenvalue weighted by molar-refractivity contribution is -0.119. The van der Waals surface area contributed by atoms with Crippen molar-refractivity contribution in [3.8, 4) is 0 Å². The van der Waals surface area contributed by atoms with E-state index >= 15 is 0 Å². The largest absolute Gasteiger partial charge is 0.368 e. The average molecular weight is 179 g/mol. The first-order valence-corrected chi connectivity index (χ1v) is 4.13. The zero-order valence-corrected chi connectivity index (χ0v) is 7.53. The molecule has 0 aliphatic rings. The molecular weight excluding hydrogens is 166 g/mol. The smallest absolute Gasteiger partial charge is 0.234 e. The third-order valence-corrected chi connectivity index (χ3v) is 1.74. The Labute approximate surface area is 77.2 Å². The van der Waals surface area contributed by atoms with Gasteiger partial charge in [-0.3, -0.25) is 9.78 Å². The quantitative estimate of drug-likeness (QED) is 0.686. The highest BCUT2D eigenvalue weighted by atomic mass is 16.1. The van der Waals surface area contributed by atoms with Gasteiger partial charge in [0.25, 0.3) is 0 Å². The predicted octanol–water partition coefficient (Wildman–Crippen LogP) is 0.0450. The van der Waals surface area contributed by atoms with Crippen molar-refractivity contribution in [2.75, 3.05) is 0 Å². The Balaban J connectivity index is 2.39. The van der Waals surface area contributed by atoms with Crippen LogP contribution in [0.2, 0.25) is 0 Å². The number of pyridine rings is 1. The lowest BCUT2D eigenvalue weighted by Crippen LogP contribution is -2.38. The number of carbonyl (C=O) groups excluding carboxylic acids is 1. The molecule has 1 rings (SSSR count). The van der Waals surface area contributed by atoms with Crippen LogP contribution < -0.4 is 11.1 Å². The number of hydrogen-bond acceptors (Lipinski definition) is 3. The van der Waals surface area contributed by atoms with Crippen molar-refractivity contribution in [1.82, 2.24) is 10.3 Å². The summed E-state index contributed by atoms with van der Waals surface area (Å²) in [5.74, 6) is -0.351. The summed E-state index contributed by atoms with van der Waals surface area (Å²) < 4.78 is 0. The molecule has 13 heavy (non-hydrogen) atoms. The zero-order chi connectivity index (χ0) is 9.68. The van der Waals surface area contributed by atoms with Crippen LogP contribution >= 0.6 is 0 Å². The van der Waals surface area contributed by atoms with Crippen LogP contribution in [0.25, 0.3) is 0 Å². The zero-order valence-electron chi connectivity index (χ0n) is 7.53. The number of aromatic nitrogens is 1. The molecule has 70 valence electrons. The average Bonchev–Trinajstić information content (AvgIpc) is 2.15. The summed E-state index contributed by atoms with van der Waals surface area (Å²) in [5, 5.41) is 2.96. The SMILES string of the molecule is CC(NCc1ccccn1)C(N)=O. The van der Waals surface area contributed by atoms with Crippen LogP contribution in [0.3, 0.4) is 0 Å². The molecule has 1 unspecified atom stereocenters. The molecule has 0 bridgehead atoms. The van der Waals surface area contributed by atoms with Gasteiger partial charge in [-0.05, 0) is 19.1 Å². The van der Waals surface area contributed by atoms with E-state index in [1.807, 2.05) is 18.2 Å². The number of nitrogens with two attached hydrogens (primary N) is 1. The van der Waals surface area contributed by atoms with Crippen LogP contribution in [0.5, 0.6) is 0 Å². The summed E-state index contributed by atoms with van der Waals surface area (Å²) in [4.78, 5) is 14.8. The monoisotopic (exact) mass is 179 g/mol. The third-order valence-electron chi connectivity index (χ3n) is 1.74. The molecule has 4 heteroatoms. The maximum Gasteiger partial charge on any atom is 0.234 e. The number of rotatable bonds is 4. The molecule has 0 aliphatic carbocycles. The molecule has 0 radical (unpaired) electrons. The van der Waals surface area contributed by atoms with Crippen LogP contribution in [0.1, 0.15) is 12.6 Å². The molecule has 0 saturated heterocycles. The van der Waals surface area contributed by atoms with E-state index in [4.69, 9.17) is 5.73 Å². The molecule has 1 atom stereocenters. The standard InChI is InChI=1S/C9H13N3O/c1-7(9(10)13)12-6-8-4-2-3-5-11-8/h2-5,7,12H,6H2,1H3,(H2,10,13). The van der Waals surface area contributed by atoms with Crippen molar-refractivity contribution < 1.29 is 4.79 Å². The maximum atomic E-state index is 10.7. The van der Waals surface area contributed by atoms with E-state index in [0.717, 1.165) is 5.69 Å².